The van der Waals surface area contributed by atoms with Crippen LogP contribution in [0.15, 0.2) is 29.2 Å². The van der Waals surface area contributed by atoms with Crippen LogP contribution in [0.2, 0.25) is 0 Å². The van der Waals surface area contributed by atoms with Crippen molar-refractivity contribution in [1.29, 1.82) is 0 Å². The zero-order chi connectivity index (χ0) is 17.7. The molecule has 2 rings (SSSR count). The van der Waals surface area contributed by atoms with Crippen LogP contribution in [-0.4, -0.2) is 72.0 Å². The van der Waals surface area contributed by atoms with E-state index in [9.17, 15) is 9.00 Å². The fourth-order valence-electron chi connectivity index (χ4n) is 3.04. The number of nitrogens with zero attached hydrogens (tertiary/aromatic N) is 2. The van der Waals surface area contributed by atoms with Crippen molar-refractivity contribution < 1.29 is 9.00 Å². The molecule has 1 aromatic carbocycles. The van der Waals surface area contributed by atoms with Crippen LogP contribution < -0.4 is 5.32 Å². The van der Waals surface area contributed by atoms with Gasteiger partial charge in [-0.05, 0) is 37.2 Å². The highest BCUT2D eigenvalue weighted by molar-refractivity contribution is 7.84. The van der Waals surface area contributed by atoms with Crippen molar-refractivity contribution in [3.8, 4) is 0 Å². The standard InChI is InChI=1S/C18H29N3O2S/c1-14(2)17(21-11-9-20(3)10-12-21)13-19-18(22)15-5-7-16(8-6-15)24(4)23/h5-8,14,17H,9-13H2,1-4H3,(H,19,22). The maximum Gasteiger partial charge on any atom is 0.251 e. The van der Waals surface area contributed by atoms with Crippen LogP contribution in [-0.2, 0) is 10.8 Å². The highest BCUT2D eigenvalue weighted by Gasteiger charge is 2.25. The van der Waals surface area contributed by atoms with Gasteiger partial charge in [0.1, 0.15) is 0 Å². The van der Waals surface area contributed by atoms with Gasteiger partial charge in [-0.2, -0.15) is 0 Å². The summed E-state index contributed by atoms with van der Waals surface area (Å²) in [5, 5.41) is 3.07. The van der Waals surface area contributed by atoms with E-state index in [0.29, 0.717) is 24.1 Å². The van der Waals surface area contributed by atoms with Gasteiger partial charge in [-0.25, -0.2) is 0 Å². The van der Waals surface area contributed by atoms with Gasteiger partial charge in [0.15, 0.2) is 0 Å². The van der Waals surface area contributed by atoms with E-state index in [0.717, 1.165) is 31.1 Å². The molecule has 0 aliphatic carbocycles. The van der Waals surface area contributed by atoms with Crippen LogP contribution in [0.3, 0.4) is 0 Å². The van der Waals surface area contributed by atoms with Gasteiger partial charge < -0.3 is 10.2 Å². The number of hydrogen-bond acceptors (Lipinski definition) is 4. The summed E-state index contributed by atoms with van der Waals surface area (Å²) in [5.41, 5.74) is 0.616. The first kappa shape index (κ1) is 19.1. The Hall–Kier alpha value is -1.24. The summed E-state index contributed by atoms with van der Waals surface area (Å²) in [5.74, 6) is 0.418. The fourth-order valence-corrected chi connectivity index (χ4v) is 3.56. The van der Waals surface area contributed by atoms with E-state index in [1.807, 2.05) is 0 Å². The minimum atomic E-state index is -1.02. The highest BCUT2D eigenvalue weighted by atomic mass is 32.2. The van der Waals surface area contributed by atoms with Gasteiger partial charge >= 0.3 is 0 Å². The zero-order valence-corrected chi connectivity index (χ0v) is 15.9. The molecule has 5 nitrogen and oxygen atoms in total. The number of carbonyl (C=O) groups is 1. The number of rotatable bonds is 6. The molecular weight excluding hydrogens is 322 g/mol. The molecule has 1 saturated heterocycles. The lowest BCUT2D eigenvalue weighted by Crippen LogP contribution is -2.54. The van der Waals surface area contributed by atoms with Crippen LogP contribution in [0.1, 0.15) is 24.2 Å². The van der Waals surface area contributed by atoms with Crippen LogP contribution in [0.4, 0.5) is 0 Å². The Morgan fingerprint density at radius 1 is 1.17 bits per heavy atom. The quantitative estimate of drug-likeness (QED) is 0.842. The maximum absolute atomic E-state index is 12.4. The van der Waals surface area contributed by atoms with Gasteiger partial charge in [-0.1, -0.05) is 13.8 Å². The SMILES string of the molecule is CC(C)C(CNC(=O)c1ccc(S(C)=O)cc1)N1CCN(C)CC1. The number of benzene rings is 1. The topological polar surface area (TPSA) is 52.7 Å². The first-order valence-electron chi connectivity index (χ1n) is 8.52. The molecule has 0 saturated carbocycles. The van der Waals surface area contributed by atoms with Crippen molar-refractivity contribution in [3.63, 3.8) is 0 Å². The van der Waals surface area contributed by atoms with Gasteiger partial charge in [0.05, 0.1) is 0 Å². The van der Waals surface area contributed by atoms with E-state index in [-0.39, 0.29) is 5.91 Å². The van der Waals surface area contributed by atoms with E-state index in [1.165, 1.54) is 0 Å². The lowest BCUT2D eigenvalue weighted by Gasteiger charge is -2.39. The van der Waals surface area contributed by atoms with Crippen molar-refractivity contribution in [1.82, 2.24) is 15.1 Å². The number of nitrogens with one attached hydrogen (secondary N) is 1. The lowest BCUT2D eigenvalue weighted by atomic mass is 10.0. The summed E-state index contributed by atoms with van der Waals surface area (Å²) in [4.78, 5) is 17.9. The van der Waals surface area contributed by atoms with Crippen molar-refractivity contribution >= 4 is 16.7 Å². The molecule has 6 heteroatoms. The molecule has 1 aliphatic heterocycles. The Kier molecular flexibility index (Phi) is 6.95. The summed E-state index contributed by atoms with van der Waals surface area (Å²) in [7, 11) is 1.13. The highest BCUT2D eigenvalue weighted by Crippen LogP contribution is 2.13. The molecule has 134 valence electrons. The largest absolute Gasteiger partial charge is 0.350 e. The molecule has 24 heavy (non-hydrogen) atoms. The molecule has 0 spiro atoms. The Bertz CT molecular complexity index is 566. The van der Waals surface area contributed by atoms with Crippen LogP contribution >= 0.6 is 0 Å². The van der Waals surface area contributed by atoms with Gasteiger partial charge in [0.2, 0.25) is 0 Å². The Morgan fingerprint density at radius 2 is 1.75 bits per heavy atom. The molecule has 0 bridgehead atoms. The van der Waals surface area contributed by atoms with E-state index < -0.39 is 10.8 Å². The Labute approximate surface area is 147 Å². The predicted molar refractivity (Wildman–Crippen MR) is 98.8 cm³/mol. The van der Waals surface area contributed by atoms with Crippen LogP contribution in [0.5, 0.6) is 0 Å². The minimum Gasteiger partial charge on any atom is -0.350 e. The molecule has 1 amide bonds. The van der Waals surface area contributed by atoms with Gasteiger partial charge in [-0.15, -0.1) is 0 Å². The van der Waals surface area contributed by atoms with Crippen molar-refractivity contribution in [2.24, 2.45) is 5.92 Å². The number of hydrogen-bond donors (Lipinski definition) is 1. The Morgan fingerprint density at radius 3 is 2.25 bits per heavy atom. The minimum absolute atomic E-state index is 0.0665. The number of amides is 1. The maximum atomic E-state index is 12.4. The smallest absolute Gasteiger partial charge is 0.251 e. The number of piperazine rings is 1. The molecule has 0 radical (unpaired) electrons. The summed E-state index contributed by atoms with van der Waals surface area (Å²) >= 11 is 0. The second-order valence-corrected chi connectivity index (χ2v) is 8.22. The van der Waals surface area contributed by atoms with Crippen molar-refractivity contribution in [3.05, 3.63) is 29.8 Å². The third kappa shape index (κ3) is 5.13. The normalized spacial score (nSPS) is 19.2. The van der Waals surface area contributed by atoms with E-state index in [4.69, 9.17) is 0 Å². The lowest BCUT2D eigenvalue weighted by molar-refractivity contribution is 0.0791. The van der Waals surface area contributed by atoms with Gasteiger partial charge in [0.25, 0.3) is 5.91 Å². The van der Waals surface area contributed by atoms with Crippen LogP contribution in [0, 0.1) is 5.92 Å². The monoisotopic (exact) mass is 351 g/mol. The molecule has 1 aromatic rings. The Balaban J connectivity index is 1.93. The molecule has 0 aromatic heterocycles. The summed E-state index contributed by atoms with van der Waals surface area (Å²) < 4.78 is 11.4. The third-order valence-electron chi connectivity index (χ3n) is 4.70. The van der Waals surface area contributed by atoms with Crippen LogP contribution in [0.25, 0.3) is 0 Å². The van der Waals surface area contributed by atoms with E-state index >= 15 is 0 Å². The molecule has 1 N–H and O–H groups in total. The second-order valence-electron chi connectivity index (χ2n) is 6.84. The molecule has 2 unspecified atom stereocenters. The van der Waals surface area contributed by atoms with Crippen molar-refractivity contribution in [2.45, 2.75) is 24.8 Å². The summed E-state index contributed by atoms with van der Waals surface area (Å²) in [6.45, 7) is 9.32. The first-order chi connectivity index (χ1) is 11.4. The predicted octanol–water partition coefficient (Wildman–Crippen LogP) is 1.43. The average molecular weight is 352 g/mol. The molecular formula is C18H29N3O2S. The zero-order valence-electron chi connectivity index (χ0n) is 15.1. The van der Waals surface area contributed by atoms with Gasteiger partial charge in [-0.3, -0.25) is 13.9 Å². The third-order valence-corrected chi connectivity index (χ3v) is 5.63. The second kappa shape index (κ2) is 8.74. The van der Waals surface area contributed by atoms with E-state index in [2.05, 4.69) is 36.0 Å². The van der Waals surface area contributed by atoms with Gasteiger partial charge in [0, 0.05) is 66.3 Å². The fraction of sp³-hybridized carbons (Fsp3) is 0.611. The number of carbonyl (C=O) groups excluding carboxylic acids is 1. The summed E-state index contributed by atoms with van der Waals surface area (Å²) in [6.07, 6.45) is 1.64. The van der Waals surface area contributed by atoms with Crippen molar-refractivity contribution in [2.75, 3.05) is 46.0 Å². The molecule has 1 aliphatic rings. The number of likely N-dealkylation sites (N-methyl/N-ethyl adjacent to an activating group) is 1. The molecule has 1 fully saturated rings. The first-order valence-corrected chi connectivity index (χ1v) is 10.1. The molecule has 1 heterocycles. The summed E-state index contributed by atoms with van der Waals surface area (Å²) in [6, 6.07) is 7.35. The average Bonchev–Trinajstić information content (AvgIpc) is 2.56. The molecule has 2 atom stereocenters. The van der Waals surface area contributed by atoms with E-state index in [1.54, 1.807) is 30.5 Å².